The summed E-state index contributed by atoms with van der Waals surface area (Å²) in [6.45, 7) is 9.71. The van der Waals surface area contributed by atoms with E-state index in [4.69, 9.17) is 4.42 Å². The van der Waals surface area contributed by atoms with Crippen molar-refractivity contribution in [1.29, 1.82) is 0 Å². The van der Waals surface area contributed by atoms with Gasteiger partial charge >= 0.3 is 0 Å². The van der Waals surface area contributed by atoms with Gasteiger partial charge in [-0.1, -0.05) is 97.2 Å². The molecule has 0 aliphatic carbocycles. The van der Waals surface area contributed by atoms with Gasteiger partial charge < -0.3 is 9.73 Å². The minimum Gasteiger partial charge on any atom is -0.474 e. The van der Waals surface area contributed by atoms with Gasteiger partial charge in [-0.25, -0.2) is 0 Å². The Balaban J connectivity index is 2.18. The average Bonchev–Trinajstić information content (AvgIpc) is 3.16. The van der Waals surface area contributed by atoms with Gasteiger partial charge in [0.1, 0.15) is 8.07 Å². The van der Waals surface area contributed by atoms with Crippen molar-refractivity contribution in [2.24, 2.45) is 0 Å². The zero-order chi connectivity index (χ0) is 20.0. The number of hydrogen-bond donors (Lipinski definition) is 1. The Labute approximate surface area is 168 Å². The van der Waals surface area contributed by atoms with E-state index in [1.165, 1.54) is 74.9 Å². The maximum absolute atomic E-state index is 12.1. The molecule has 1 rings (SSSR count). The van der Waals surface area contributed by atoms with Gasteiger partial charge in [0, 0.05) is 18.5 Å². The van der Waals surface area contributed by atoms with E-state index in [2.05, 4.69) is 39.1 Å². The molecule has 1 amide bonds. The van der Waals surface area contributed by atoms with Crippen molar-refractivity contribution in [3.63, 3.8) is 0 Å². The molecule has 0 aromatic carbocycles. The van der Waals surface area contributed by atoms with Gasteiger partial charge in [-0.15, -0.1) is 0 Å². The molecule has 0 atom stereocenters. The first-order valence-electron chi connectivity index (χ1n) is 11.5. The van der Waals surface area contributed by atoms with Gasteiger partial charge in [-0.2, -0.15) is 0 Å². The predicted molar refractivity (Wildman–Crippen MR) is 119 cm³/mol. The minimum atomic E-state index is -1.45. The molecule has 0 bridgehead atoms. The van der Waals surface area contributed by atoms with Crippen LogP contribution in [0.25, 0.3) is 0 Å². The number of carbonyl (C=O) groups excluding carboxylic acids is 1. The van der Waals surface area contributed by atoms with Gasteiger partial charge in [0.25, 0.3) is 0 Å². The Hall–Kier alpha value is -1.03. The van der Waals surface area contributed by atoms with Crippen LogP contribution in [-0.2, 0) is 11.3 Å². The summed E-state index contributed by atoms with van der Waals surface area (Å²) in [5.41, 5.74) is 1.11. The van der Waals surface area contributed by atoms with E-state index >= 15 is 0 Å². The lowest BCUT2D eigenvalue weighted by Gasteiger charge is -2.24. The van der Waals surface area contributed by atoms with Gasteiger partial charge in [-0.05, 0) is 12.5 Å². The highest BCUT2D eigenvalue weighted by molar-refractivity contribution is 6.90. The van der Waals surface area contributed by atoms with Crippen molar-refractivity contribution in [2.75, 3.05) is 0 Å². The summed E-state index contributed by atoms with van der Waals surface area (Å²) in [6, 6.07) is 5.86. The Morgan fingerprint density at radius 3 is 2.00 bits per heavy atom. The maximum atomic E-state index is 12.1. The van der Waals surface area contributed by atoms with E-state index in [9.17, 15) is 4.79 Å². The molecule has 1 aromatic heterocycles. The van der Waals surface area contributed by atoms with Gasteiger partial charge in [-0.3, -0.25) is 4.79 Å². The molecular weight excluding hydrogens is 350 g/mol. The Bertz CT molecular complexity index is 500. The third kappa shape index (κ3) is 8.67. The molecule has 156 valence electrons. The van der Waals surface area contributed by atoms with Crippen molar-refractivity contribution in [1.82, 2.24) is 5.32 Å². The second kappa shape index (κ2) is 14.0. The Kier molecular flexibility index (Phi) is 12.5. The molecular formula is C23H43NO2Si. The summed E-state index contributed by atoms with van der Waals surface area (Å²) in [7, 11) is -1.45. The highest BCUT2D eigenvalue weighted by atomic mass is 28.3. The van der Waals surface area contributed by atoms with Crippen molar-refractivity contribution >= 4 is 19.4 Å². The first-order valence-corrected chi connectivity index (χ1v) is 14.1. The number of carbonyl (C=O) groups is 1. The topological polar surface area (TPSA) is 42.2 Å². The molecule has 4 heteroatoms. The van der Waals surface area contributed by atoms with Crippen LogP contribution in [0.5, 0.6) is 0 Å². The summed E-state index contributed by atoms with van der Waals surface area (Å²) < 4.78 is 5.91. The van der Waals surface area contributed by atoms with Crippen molar-refractivity contribution in [3.8, 4) is 0 Å². The lowest BCUT2D eigenvalue weighted by molar-refractivity contribution is -0.121. The number of unbranched alkanes of at least 4 members (excludes halogenated alkanes) is 8. The zero-order valence-electron chi connectivity index (χ0n) is 18.4. The molecule has 0 spiro atoms. The SMILES string of the molecule is CCCCCCCCCCCC(=O)NCc1coc([Si](CC)(CC)CC)c1. The highest BCUT2D eigenvalue weighted by Crippen LogP contribution is 2.21. The molecule has 1 N–H and O–H groups in total. The van der Waals surface area contributed by atoms with Crippen LogP contribution in [0.15, 0.2) is 16.7 Å². The van der Waals surface area contributed by atoms with Crippen LogP contribution >= 0.6 is 0 Å². The van der Waals surface area contributed by atoms with E-state index in [0.29, 0.717) is 13.0 Å². The van der Waals surface area contributed by atoms with E-state index in [1.54, 1.807) is 0 Å². The minimum absolute atomic E-state index is 0.172. The number of rotatable bonds is 16. The molecule has 1 heterocycles. The molecule has 0 fully saturated rings. The first-order chi connectivity index (χ1) is 13.1. The fraction of sp³-hybridized carbons (Fsp3) is 0.783. The fourth-order valence-electron chi connectivity index (χ4n) is 3.90. The fourth-order valence-corrected chi connectivity index (χ4v) is 7.25. The normalized spacial score (nSPS) is 11.7. The number of furan rings is 1. The summed E-state index contributed by atoms with van der Waals surface area (Å²) in [5.74, 6) is 0.172. The largest absolute Gasteiger partial charge is 0.474 e. The molecule has 3 nitrogen and oxygen atoms in total. The Morgan fingerprint density at radius 2 is 1.44 bits per heavy atom. The molecule has 1 aromatic rings. The zero-order valence-corrected chi connectivity index (χ0v) is 19.4. The second-order valence-corrected chi connectivity index (χ2v) is 13.2. The average molecular weight is 394 g/mol. The third-order valence-electron chi connectivity index (χ3n) is 6.20. The maximum Gasteiger partial charge on any atom is 0.220 e. The molecule has 0 aliphatic rings. The van der Waals surface area contributed by atoms with Gasteiger partial charge in [0.2, 0.25) is 5.91 Å². The number of amides is 1. The van der Waals surface area contributed by atoms with E-state index < -0.39 is 8.07 Å². The van der Waals surface area contributed by atoms with Crippen LogP contribution in [-0.4, -0.2) is 14.0 Å². The van der Waals surface area contributed by atoms with Gasteiger partial charge in [0.15, 0.2) is 0 Å². The van der Waals surface area contributed by atoms with Crippen molar-refractivity contribution in [3.05, 3.63) is 17.9 Å². The van der Waals surface area contributed by atoms with Crippen LogP contribution in [0.3, 0.4) is 0 Å². The number of hydrogen-bond acceptors (Lipinski definition) is 2. The highest BCUT2D eigenvalue weighted by Gasteiger charge is 2.32. The number of nitrogens with one attached hydrogen (secondary N) is 1. The lowest BCUT2D eigenvalue weighted by Crippen LogP contribution is -2.44. The molecule has 0 saturated heterocycles. The van der Waals surface area contributed by atoms with Crippen LogP contribution < -0.4 is 10.7 Å². The van der Waals surface area contributed by atoms with Crippen molar-refractivity contribution < 1.29 is 9.21 Å². The smallest absolute Gasteiger partial charge is 0.220 e. The first kappa shape index (κ1) is 24.0. The third-order valence-corrected chi connectivity index (χ3v) is 11.6. The van der Waals surface area contributed by atoms with Crippen LogP contribution in [0.4, 0.5) is 0 Å². The summed E-state index contributed by atoms with van der Waals surface area (Å²) in [4.78, 5) is 12.1. The molecule has 0 aliphatic heterocycles. The van der Waals surface area contributed by atoms with Crippen LogP contribution in [0.1, 0.15) is 97.5 Å². The molecule has 0 unspecified atom stereocenters. The van der Waals surface area contributed by atoms with E-state index in [1.807, 2.05) is 6.26 Å². The Morgan fingerprint density at radius 1 is 0.889 bits per heavy atom. The second-order valence-electron chi connectivity index (χ2n) is 8.02. The lowest BCUT2D eigenvalue weighted by atomic mass is 10.1. The van der Waals surface area contributed by atoms with Crippen LogP contribution in [0, 0.1) is 0 Å². The summed E-state index contributed by atoms with van der Waals surface area (Å²) >= 11 is 0. The van der Waals surface area contributed by atoms with E-state index in [-0.39, 0.29) is 5.91 Å². The molecule has 0 radical (unpaired) electrons. The van der Waals surface area contributed by atoms with E-state index in [0.717, 1.165) is 12.0 Å². The summed E-state index contributed by atoms with van der Waals surface area (Å²) in [5, 5.41) is 4.27. The van der Waals surface area contributed by atoms with Crippen molar-refractivity contribution in [2.45, 2.75) is 117 Å². The quantitative estimate of drug-likeness (QED) is 0.256. The van der Waals surface area contributed by atoms with Gasteiger partial charge in [0.05, 0.1) is 11.6 Å². The molecule has 27 heavy (non-hydrogen) atoms. The monoisotopic (exact) mass is 393 g/mol. The molecule has 0 saturated carbocycles. The summed E-state index contributed by atoms with van der Waals surface area (Å²) in [6.07, 6.45) is 14.1. The van der Waals surface area contributed by atoms with Crippen LogP contribution in [0.2, 0.25) is 18.1 Å². The standard InChI is InChI=1S/C23H43NO2Si/c1-5-9-10-11-12-13-14-15-16-17-22(25)24-19-21-18-23(26-20-21)27(6-2,7-3)8-4/h18,20H,5-17,19H2,1-4H3,(H,24,25). The predicted octanol–water partition coefficient (Wildman–Crippen LogP) is 6.53.